The van der Waals surface area contributed by atoms with Crippen molar-refractivity contribution < 1.29 is 13.5 Å². The van der Waals surface area contributed by atoms with E-state index < -0.39 is 11.6 Å². The van der Waals surface area contributed by atoms with Gasteiger partial charge >= 0.3 is 0 Å². The Hall–Kier alpha value is -0.390. The number of benzene rings is 1. The molecule has 60 valence electrons. The Morgan fingerprint density at radius 1 is 1.27 bits per heavy atom. The lowest BCUT2D eigenvalue weighted by molar-refractivity contribution is 0.352. The zero-order valence-corrected chi connectivity index (χ0v) is 7.64. The molecule has 0 bridgehead atoms. The third-order valence-electron chi connectivity index (χ3n) is 1.12. The maximum Gasteiger partial charge on any atom is 0.191 e. The van der Waals surface area contributed by atoms with Crippen LogP contribution < -0.4 is 4.74 Å². The molecule has 1 nitrogen and oxygen atoms in total. The number of hydrogen-bond acceptors (Lipinski definition) is 1. The summed E-state index contributed by atoms with van der Waals surface area (Å²) in [7, 11) is 0. The van der Waals surface area contributed by atoms with Gasteiger partial charge in [-0.2, -0.15) is 0 Å². The molecule has 0 aliphatic carbocycles. The summed E-state index contributed by atoms with van der Waals surface area (Å²) in [4.78, 5) is 0. The van der Waals surface area contributed by atoms with Crippen LogP contribution in [0.15, 0.2) is 18.2 Å². The highest BCUT2D eigenvalue weighted by molar-refractivity contribution is 14.1. The van der Waals surface area contributed by atoms with Gasteiger partial charge in [-0.3, -0.25) is 0 Å². The number of alkyl halides is 1. The van der Waals surface area contributed by atoms with Gasteiger partial charge in [-0.25, -0.2) is 8.78 Å². The first-order chi connectivity index (χ1) is 5.25. The second-order valence-electron chi connectivity index (χ2n) is 1.80. The van der Waals surface area contributed by atoms with Crippen molar-refractivity contribution in [2.24, 2.45) is 0 Å². The first kappa shape index (κ1) is 8.70. The summed E-state index contributed by atoms with van der Waals surface area (Å²) in [5.41, 5.74) is 0. The summed E-state index contributed by atoms with van der Waals surface area (Å²) in [6.45, 7) is 0. The maximum absolute atomic E-state index is 12.7. The quantitative estimate of drug-likeness (QED) is 0.593. The number of hydrogen-bond donors (Lipinski definition) is 0. The Morgan fingerprint density at radius 3 is 2.27 bits per heavy atom. The second kappa shape index (κ2) is 3.85. The number of halogens is 3. The summed E-state index contributed by atoms with van der Waals surface area (Å²) in [6, 6.07) is 3.61. The molecule has 1 aromatic rings. The molecule has 0 radical (unpaired) electrons. The van der Waals surface area contributed by atoms with Crippen molar-refractivity contribution in [3.63, 3.8) is 0 Å². The number of rotatable bonds is 2. The zero-order chi connectivity index (χ0) is 8.27. The average Bonchev–Trinajstić information content (AvgIpc) is 1.97. The van der Waals surface area contributed by atoms with E-state index >= 15 is 0 Å². The van der Waals surface area contributed by atoms with Gasteiger partial charge in [0.15, 0.2) is 17.4 Å². The van der Waals surface area contributed by atoms with Gasteiger partial charge in [0.25, 0.3) is 0 Å². The third-order valence-corrected chi connectivity index (χ3v) is 1.43. The molecule has 0 aliphatic rings. The highest BCUT2D eigenvalue weighted by atomic mass is 127. The minimum Gasteiger partial charge on any atom is -0.477 e. The van der Waals surface area contributed by atoms with Crippen molar-refractivity contribution in [3.05, 3.63) is 29.8 Å². The van der Waals surface area contributed by atoms with Gasteiger partial charge in [0, 0.05) is 0 Å². The van der Waals surface area contributed by atoms with Crippen LogP contribution in [0.4, 0.5) is 8.78 Å². The molecule has 0 atom stereocenters. The molecule has 0 aromatic heterocycles. The van der Waals surface area contributed by atoms with Crippen LogP contribution in [-0.4, -0.2) is 4.61 Å². The lowest BCUT2D eigenvalue weighted by Gasteiger charge is -2.03. The van der Waals surface area contributed by atoms with Gasteiger partial charge in [0.1, 0.15) is 4.61 Å². The molecule has 0 amide bonds. The van der Waals surface area contributed by atoms with E-state index in [0.717, 1.165) is 12.1 Å². The number of ether oxygens (including phenoxy) is 1. The fourth-order valence-electron chi connectivity index (χ4n) is 0.675. The molecule has 0 unspecified atom stereocenters. The van der Waals surface area contributed by atoms with Crippen LogP contribution >= 0.6 is 22.6 Å². The Balaban J connectivity index is 3.00. The maximum atomic E-state index is 12.7. The van der Waals surface area contributed by atoms with Gasteiger partial charge in [-0.1, -0.05) is 6.07 Å². The van der Waals surface area contributed by atoms with Gasteiger partial charge in [0.05, 0.1) is 0 Å². The molecule has 0 saturated carbocycles. The van der Waals surface area contributed by atoms with E-state index in [2.05, 4.69) is 0 Å². The van der Waals surface area contributed by atoms with Crippen LogP contribution in [0.1, 0.15) is 0 Å². The average molecular weight is 270 g/mol. The lowest BCUT2D eigenvalue weighted by Crippen LogP contribution is -1.94. The van der Waals surface area contributed by atoms with Crippen LogP contribution in [0.3, 0.4) is 0 Å². The summed E-state index contributed by atoms with van der Waals surface area (Å²) in [6.07, 6.45) is 0. The van der Waals surface area contributed by atoms with Gasteiger partial charge in [0.2, 0.25) is 0 Å². The van der Waals surface area contributed by atoms with E-state index in [9.17, 15) is 8.78 Å². The number of para-hydroxylation sites is 1. The predicted molar refractivity (Wildman–Crippen MR) is 45.9 cm³/mol. The van der Waals surface area contributed by atoms with Crippen molar-refractivity contribution in [2.75, 3.05) is 4.61 Å². The molecular weight excluding hydrogens is 265 g/mol. The Bertz CT molecular complexity index is 232. The van der Waals surface area contributed by atoms with E-state index in [1.54, 1.807) is 0 Å². The van der Waals surface area contributed by atoms with E-state index in [0.29, 0.717) is 0 Å². The largest absolute Gasteiger partial charge is 0.477 e. The summed E-state index contributed by atoms with van der Waals surface area (Å²) >= 11 is 1.87. The topological polar surface area (TPSA) is 9.23 Å². The van der Waals surface area contributed by atoms with E-state index in [1.807, 2.05) is 22.6 Å². The molecule has 0 aliphatic heterocycles. The fraction of sp³-hybridized carbons (Fsp3) is 0.143. The second-order valence-corrected chi connectivity index (χ2v) is 2.43. The molecular formula is C7H5F2IO. The smallest absolute Gasteiger partial charge is 0.191 e. The standard InChI is InChI=1S/C7H5F2IO/c8-5-2-1-3-6(9)7(5)11-4-10/h1-3H,4H2. The lowest BCUT2D eigenvalue weighted by atomic mass is 10.3. The Morgan fingerprint density at radius 2 is 1.82 bits per heavy atom. The Kier molecular flexibility index (Phi) is 3.04. The minimum absolute atomic E-state index is 0.232. The van der Waals surface area contributed by atoms with Crippen molar-refractivity contribution in [2.45, 2.75) is 0 Å². The highest BCUT2D eigenvalue weighted by Crippen LogP contribution is 2.20. The van der Waals surface area contributed by atoms with Crippen LogP contribution in [-0.2, 0) is 0 Å². The molecule has 0 N–H and O–H groups in total. The van der Waals surface area contributed by atoms with E-state index in [1.165, 1.54) is 6.07 Å². The first-order valence-corrected chi connectivity index (χ1v) is 4.41. The van der Waals surface area contributed by atoms with Crippen LogP contribution in [0.5, 0.6) is 5.75 Å². The van der Waals surface area contributed by atoms with Crippen LogP contribution in [0, 0.1) is 11.6 Å². The highest BCUT2D eigenvalue weighted by Gasteiger charge is 2.07. The Labute approximate surface area is 76.5 Å². The monoisotopic (exact) mass is 270 g/mol. The molecule has 0 heterocycles. The molecule has 0 spiro atoms. The van der Waals surface area contributed by atoms with Crippen molar-refractivity contribution in [1.29, 1.82) is 0 Å². The molecule has 1 rings (SSSR count). The third kappa shape index (κ3) is 2.02. The molecule has 0 fully saturated rings. The van der Waals surface area contributed by atoms with Crippen LogP contribution in [0.25, 0.3) is 0 Å². The summed E-state index contributed by atoms with van der Waals surface area (Å²) < 4.78 is 30.3. The van der Waals surface area contributed by atoms with Gasteiger partial charge in [-0.15, -0.1) is 0 Å². The van der Waals surface area contributed by atoms with Gasteiger partial charge < -0.3 is 4.74 Å². The zero-order valence-electron chi connectivity index (χ0n) is 5.48. The predicted octanol–water partition coefficient (Wildman–Crippen LogP) is 2.74. The molecule has 11 heavy (non-hydrogen) atoms. The minimum atomic E-state index is -0.665. The summed E-state index contributed by atoms with van der Waals surface area (Å²) in [5, 5.41) is 0. The van der Waals surface area contributed by atoms with Crippen molar-refractivity contribution in [1.82, 2.24) is 0 Å². The first-order valence-electron chi connectivity index (χ1n) is 2.88. The summed E-state index contributed by atoms with van der Waals surface area (Å²) in [5.74, 6) is -1.63. The van der Waals surface area contributed by atoms with Crippen LogP contribution in [0.2, 0.25) is 0 Å². The SMILES string of the molecule is Fc1cccc(F)c1OCI. The van der Waals surface area contributed by atoms with E-state index in [-0.39, 0.29) is 10.4 Å². The van der Waals surface area contributed by atoms with Crippen molar-refractivity contribution >= 4 is 22.6 Å². The van der Waals surface area contributed by atoms with Gasteiger partial charge in [-0.05, 0) is 34.7 Å². The fourth-order valence-corrected chi connectivity index (χ4v) is 0.986. The van der Waals surface area contributed by atoms with Crippen molar-refractivity contribution in [3.8, 4) is 5.75 Å². The molecule has 1 aromatic carbocycles. The normalized spacial score (nSPS) is 9.73. The van der Waals surface area contributed by atoms with E-state index in [4.69, 9.17) is 4.74 Å². The molecule has 4 heteroatoms. The molecule has 0 saturated heterocycles.